The van der Waals surface area contributed by atoms with Gasteiger partial charge in [-0.1, -0.05) is 0 Å². The predicted octanol–water partition coefficient (Wildman–Crippen LogP) is 2.42. The molecule has 2 heterocycles. The molecule has 30 heavy (non-hydrogen) atoms. The van der Waals surface area contributed by atoms with Crippen molar-refractivity contribution >= 4 is 11.9 Å². The summed E-state index contributed by atoms with van der Waals surface area (Å²) in [4.78, 5) is 29.7. The second-order valence-electron chi connectivity index (χ2n) is 5.67. The smallest absolute Gasteiger partial charge is 0.357 e. The molecule has 0 unspecified atom stereocenters. The SMILES string of the molecule is CCOC(=O)c1cc(C)c(C#N)c(OC)n1.COc1nc(C(=O)O)cc(C)c1C#N. The van der Waals surface area contributed by atoms with Gasteiger partial charge in [-0.15, -0.1) is 0 Å². The number of carboxylic acid groups (broad SMARTS) is 1. The number of nitrogens with zero attached hydrogens (tertiary/aromatic N) is 4. The molecule has 0 aliphatic rings. The summed E-state index contributed by atoms with van der Waals surface area (Å²) in [5.74, 6) is -1.47. The summed E-state index contributed by atoms with van der Waals surface area (Å²) in [7, 11) is 2.74. The first kappa shape index (κ1) is 23.9. The average Bonchev–Trinajstić information content (AvgIpc) is 2.72. The molecule has 0 saturated carbocycles. The summed E-state index contributed by atoms with van der Waals surface area (Å²) in [6, 6.07) is 6.72. The third-order valence-electron chi connectivity index (χ3n) is 3.68. The monoisotopic (exact) mass is 412 g/mol. The minimum atomic E-state index is -1.14. The molecular weight excluding hydrogens is 392 g/mol. The fourth-order valence-electron chi connectivity index (χ4n) is 2.27. The van der Waals surface area contributed by atoms with Crippen LogP contribution in [-0.2, 0) is 4.74 Å². The molecule has 0 fully saturated rings. The number of aromatic nitrogens is 2. The van der Waals surface area contributed by atoms with Crippen LogP contribution in [0.25, 0.3) is 0 Å². The second-order valence-corrected chi connectivity index (χ2v) is 5.67. The van der Waals surface area contributed by atoms with Crippen LogP contribution in [-0.4, -0.2) is 47.8 Å². The molecule has 2 aromatic heterocycles. The van der Waals surface area contributed by atoms with Gasteiger partial charge in [0.25, 0.3) is 0 Å². The Bertz CT molecular complexity index is 1040. The maximum Gasteiger partial charge on any atom is 0.357 e. The molecule has 2 aromatic rings. The number of hydrogen-bond donors (Lipinski definition) is 1. The molecule has 0 bridgehead atoms. The predicted molar refractivity (Wildman–Crippen MR) is 103 cm³/mol. The molecule has 0 atom stereocenters. The Balaban J connectivity index is 0.000000303. The zero-order chi connectivity index (χ0) is 22.8. The minimum Gasteiger partial charge on any atom is -0.480 e. The van der Waals surface area contributed by atoms with Crippen molar-refractivity contribution in [3.8, 4) is 23.9 Å². The molecule has 0 radical (unpaired) electrons. The summed E-state index contributed by atoms with van der Waals surface area (Å²) in [5, 5.41) is 26.3. The lowest BCUT2D eigenvalue weighted by Crippen LogP contribution is -2.09. The van der Waals surface area contributed by atoms with E-state index in [4.69, 9.17) is 29.8 Å². The normalized spacial score (nSPS) is 9.30. The van der Waals surface area contributed by atoms with Crippen LogP contribution < -0.4 is 9.47 Å². The van der Waals surface area contributed by atoms with E-state index in [0.29, 0.717) is 16.7 Å². The number of hydrogen-bond acceptors (Lipinski definition) is 9. The Morgan fingerprint density at radius 3 is 1.77 bits per heavy atom. The molecule has 0 amide bonds. The zero-order valence-electron chi connectivity index (χ0n) is 17.1. The quantitative estimate of drug-likeness (QED) is 0.723. The minimum absolute atomic E-state index is 0.0462. The summed E-state index contributed by atoms with van der Waals surface area (Å²) < 4.78 is 14.6. The van der Waals surface area contributed by atoms with Gasteiger partial charge in [-0.25, -0.2) is 19.6 Å². The van der Waals surface area contributed by atoms with Crippen LogP contribution in [0.5, 0.6) is 11.8 Å². The van der Waals surface area contributed by atoms with E-state index in [-0.39, 0.29) is 35.3 Å². The largest absolute Gasteiger partial charge is 0.480 e. The van der Waals surface area contributed by atoms with Crippen LogP contribution in [0.15, 0.2) is 12.1 Å². The van der Waals surface area contributed by atoms with Crippen molar-refractivity contribution in [2.45, 2.75) is 20.8 Å². The molecule has 0 aliphatic carbocycles. The average molecular weight is 412 g/mol. The maximum atomic E-state index is 11.4. The van der Waals surface area contributed by atoms with Crippen LogP contribution >= 0.6 is 0 Å². The Morgan fingerprint density at radius 2 is 1.40 bits per heavy atom. The Labute approximate surface area is 173 Å². The fourth-order valence-corrected chi connectivity index (χ4v) is 2.27. The number of ether oxygens (including phenoxy) is 3. The highest BCUT2D eigenvalue weighted by atomic mass is 16.5. The van der Waals surface area contributed by atoms with Crippen molar-refractivity contribution in [1.29, 1.82) is 10.5 Å². The highest BCUT2D eigenvalue weighted by Crippen LogP contribution is 2.20. The van der Waals surface area contributed by atoms with Crippen LogP contribution in [0, 0.1) is 36.5 Å². The number of carboxylic acids is 1. The molecule has 156 valence electrons. The zero-order valence-corrected chi connectivity index (χ0v) is 17.1. The van der Waals surface area contributed by atoms with Crippen molar-refractivity contribution in [2.75, 3.05) is 20.8 Å². The third kappa shape index (κ3) is 5.66. The molecule has 0 aromatic carbocycles. The Morgan fingerprint density at radius 1 is 0.967 bits per heavy atom. The van der Waals surface area contributed by atoms with Gasteiger partial charge in [-0.3, -0.25) is 0 Å². The molecule has 0 aliphatic heterocycles. The Kier molecular flexibility index (Phi) is 8.73. The van der Waals surface area contributed by atoms with Crippen molar-refractivity contribution < 1.29 is 28.9 Å². The number of methoxy groups -OCH3 is 2. The first-order valence-electron chi connectivity index (χ1n) is 8.55. The van der Waals surface area contributed by atoms with Crippen LogP contribution in [0.1, 0.15) is 50.2 Å². The van der Waals surface area contributed by atoms with Crippen molar-refractivity contribution in [2.24, 2.45) is 0 Å². The van der Waals surface area contributed by atoms with Gasteiger partial charge >= 0.3 is 11.9 Å². The molecule has 1 N–H and O–H groups in total. The van der Waals surface area contributed by atoms with Crippen molar-refractivity contribution in [1.82, 2.24) is 9.97 Å². The van der Waals surface area contributed by atoms with Gasteiger partial charge in [-0.2, -0.15) is 10.5 Å². The van der Waals surface area contributed by atoms with Gasteiger partial charge in [-0.05, 0) is 44.0 Å². The van der Waals surface area contributed by atoms with Crippen LogP contribution in [0.4, 0.5) is 0 Å². The van der Waals surface area contributed by atoms with E-state index in [1.54, 1.807) is 20.8 Å². The van der Waals surface area contributed by atoms with E-state index in [1.807, 2.05) is 12.1 Å². The molecule has 2 rings (SSSR count). The standard InChI is InChI=1S/C11H12N2O3.C9H8N2O3/c1-4-16-11(14)9-5-7(2)8(6-12)10(13-9)15-3;1-5-3-7(9(12)13)11-8(14-2)6(5)4-10/h5H,4H2,1-3H3;3H,1-2H3,(H,12,13). The number of carbonyl (C=O) groups excluding carboxylic acids is 1. The van der Waals surface area contributed by atoms with E-state index in [1.165, 1.54) is 26.4 Å². The molecular formula is C20H20N4O6. The topological polar surface area (TPSA) is 155 Å². The van der Waals surface area contributed by atoms with Crippen molar-refractivity contribution in [3.63, 3.8) is 0 Å². The number of aromatic carboxylic acids is 1. The van der Waals surface area contributed by atoms with E-state index >= 15 is 0 Å². The maximum absolute atomic E-state index is 11.4. The number of pyridine rings is 2. The number of nitriles is 2. The van der Waals surface area contributed by atoms with Gasteiger partial charge in [0, 0.05) is 0 Å². The summed E-state index contributed by atoms with van der Waals surface area (Å²) in [6.07, 6.45) is 0. The lowest BCUT2D eigenvalue weighted by Gasteiger charge is -2.07. The van der Waals surface area contributed by atoms with E-state index in [2.05, 4.69) is 9.97 Å². The van der Waals surface area contributed by atoms with Crippen molar-refractivity contribution in [3.05, 3.63) is 45.8 Å². The molecule has 10 heteroatoms. The first-order chi connectivity index (χ1) is 14.2. The van der Waals surface area contributed by atoms with Gasteiger partial charge in [0.1, 0.15) is 23.3 Å². The molecule has 0 saturated heterocycles. The third-order valence-corrected chi connectivity index (χ3v) is 3.68. The van der Waals surface area contributed by atoms with Crippen LogP contribution in [0.3, 0.4) is 0 Å². The molecule has 0 spiro atoms. The summed E-state index contributed by atoms with van der Waals surface area (Å²) in [5.41, 5.74) is 1.79. The van der Waals surface area contributed by atoms with E-state index in [9.17, 15) is 9.59 Å². The van der Waals surface area contributed by atoms with E-state index in [0.717, 1.165) is 0 Å². The lowest BCUT2D eigenvalue weighted by molar-refractivity contribution is 0.0517. The van der Waals surface area contributed by atoms with Gasteiger partial charge in [0.15, 0.2) is 11.4 Å². The Hall–Kier alpha value is -4.18. The molecule has 10 nitrogen and oxygen atoms in total. The van der Waals surface area contributed by atoms with Gasteiger partial charge < -0.3 is 19.3 Å². The second kappa shape index (κ2) is 11.0. The summed E-state index contributed by atoms with van der Waals surface area (Å²) in [6.45, 7) is 5.34. The van der Waals surface area contributed by atoms with E-state index < -0.39 is 11.9 Å². The first-order valence-corrected chi connectivity index (χ1v) is 8.55. The highest BCUT2D eigenvalue weighted by molar-refractivity contribution is 5.88. The van der Waals surface area contributed by atoms with Gasteiger partial charge in [0.05, 0.1) is 20.8 Å². The van der Waals surface area contributed by atoms with Gasteiger partial charge in [0.2, 0.25) is 11.8 Å². The summed E-state index contributed by atoms with van der Waals surface area (Å²) >= 11 is 0. The highest BCUT2D eigenvalue weighted by Gasteiger charge is 2.16. The number of aryl methyl sites for hydroxylation is 2. The van der Waals surface area contributed by atoms with Crippen LogP contribution in [0.2, 0.25) is 0 Å². The number of rotatable bonds is 5. The number of carbonyl (C=O) groups is 2. The lowest BCUT2D eigenvalue weighted by atomic mass is 10.1. The number of esters is 1. The fraction of sp³-hybridized carbons (Fsp3) is 0.300.